The Labute approximate surface area is 111 Å². The number of aryl methyl sites for hydroxylation is 1. The van der Waals surface area contributed by atoms with Gasteiger partial charge in [-0.05, 0) is 38.4 Å². The SMILES string of the molecule is Cc1ccc2oc(=O)cc(OC[C@@H]3CCCN3)c2c1. The molecule has 2 heterocycles. The molecule has 0 bridgehead atoms. The summed E-state index contributed by atoms with van der Waals surface area (Å²) in [5.41, 5.74) is 1.32. The lowest BCUT2D eigenvalue weighted by Gasteiger charge is -2.13. The minimum atomic E-state index is -0.370. The first-order valence-electron chi connectivity index (χ1n) is 6.63. The van der Waals surface area contributed by atoms with Gasteiger partial charge in [-0.1, -0.05) is 11.6 Å². The largest absolute Gasteiger partial charge is 0.491 e. The maximum absolute atomic E-state index is 11.5. The highest BCUT2D eigenvalue weighted by atomic mass is 16.5. The molecular weight excluding hydrogens is 242 g/mol. The molecule has 0 amide bonds. The van der Waals surface area contributed by atoms with E-state index in [1.807, 2.05) is 25.1 Å². The van der Waals surface area contributed by atoms with Gasteiger partial charge in [-0.3, -0.25) is 0 Å². The van der Waals surface area contributed by atoms with E-state index >= 15 is 0 Å². The van der Waals surface area contributed by atoms with Crippen molar-refractivity contribution in [2.45, 2.75) is 25.8 Å². The molecule has 100 valence electrons. The van der Waals surface area contributed by atoms with Crippen molar-refractivity contribution in [1.82, 2.24) is 5.32 Å². The average Bonchev–Trinajstić information content (AvgIpc) is 2.89. The number of hydrogen-bond acceptors (Lipinski definition) is 4. The molecule has 2 aromatic rings. The minimum absolute atomic E-state index is 0.370. The van der Waals surface area contributed by atoms with Crippen molar-refractivity contribution in [3.63, 3.8) is 0 Å². The van der Waals surface area contributed by atoms with Gasteiger partial charge in [-0.15, -0.1) is 0 Å². The summed E-state index contributed by atoms with van der Waals surface area (Å²) in [7, 11) is 0. The molecule has 1 saturated heterocycles. The average molecular weight is 259 g/mol. The number of fused-ring (bicyclic) bond motifs is 1. The molecule has 4 heteroatoms. The van der Waals surface area contributed by atoms with Gasteiger partial charge >= 0.3 is 5.63 Å². The third-order valence-electron chi connectivity index (χ3n) is 3.46. The number of hydrogen-bond donors (Lipinski definition) is 1. The van der Waals surface area contributed by atoms with E-state index in [1.165, 1.54) is 12.5 Å². The van der Waals surface area contributed by atoms with Gasteiger partial charge in [0.05, 0.1) is 11.5 Å². The Morgan fingerprint density at radius 2 is 2.32 bits per heavy atom. The predicted molar refractivity (Wildman–Crippen MR) is 73.7 cm³/mol. The predicted octanol–water partition coefficient (Wildman–Crippen LogP) is 2.23. The zero-order valence-corrected chi connectivity index (χ0v) is 10.9. The van der Waals surface area contributed by atoms with Gasteiger partial charge in [0.2, 0.25) is 0 Å². The fourth-order valence-electron chi connectivity index (χ4n) is 2.46. The van der Waals surface area contributed by atoms with Gasteiger partial charge in [0.1, 0.15) is 17.9 Å². The van der Waals surface area contributed by atoms with Crippen molar-refractivity contribution < 1.29 is 9.15 Å². The smallest absolute Gasteiger partial charge is 0.339 e. The maximum atomic E-state index is 11.5. The normalized spacial score (nSPS) is 18.9. The molecule has 19 heavy (non-hydrogen) atoms. The number of nitrogens with one attached hydrogen (secondary N) is 1. The fraction of sp³-hybridized carbons (Fsp3) is 0.400. The molecule has 1 atom stereocenters. The van der Waals surface area contributed by atoms with Crippen molar-refractivity contribution in [1.29, 1.82) is 0 Å². The van der Waals surface area contributed by atoms with Gasteiger partial charge in [0, 0.05) is 6.04 Å². The Morgan fingerprint density at radius 1 is 1.42 bits per heavy atom. The van der Waals surface area contributed by atoms with Gasteiger partial charge in [-0.2, -0.15) is 0 Å². The lowest BCUT2D eigenvalue weighted by molar-refractivity contribution is 0.278. The summed E-state index contributed by atoms with van der Waals surface area (Å²) in [4.78, 5) is 11.5. The maximum Gasteiger partial charge on any atom is 0.339 e. The Morgan fingerprint density at radius 3 is 3.11 bits per heavy atom. The van der Waals surface area contributed by atoms with Gasteiger partial charge < -0.3 is 14.5 Å². The van der Waals surface area contributed by atoms with Crippen LogP contribution in [0.2, 0.25) is 0 Å². The van der Waals surface area contributed by atoms with Crippen molar-refractivity contribution in [3.8, 4) is 5.75 Å². The Kier molecular flexibility index (Phi) is 3.25. The molecule has 1 aromatic heterocycles. The van der Waals surface area contributed by atoms with E-state index < -0.39 is 0 Å². The molecular formula is C15H17NO3. The minimum Gasteiger partial charge on any atom is -0.491 e. The van der Waals surface area contributed by atoms with Crippen LogP contribution in [0, 0.1) is 6.92 Å². The molecule has 4 nitrogen and oxygen atoms in total. The molecule has 1 fully saturated rings. The van der Waals surface area contributed by atoms with Crippen LogP contribution < -0.4 is 15.7 Å². The molecule has 0 radical (unpaired) electrons. The van der Waals surface area contributed by atoms with Crippen LogP contribution in [0.1, 0.15) is 18.4 Å². The fourth-order valence-corrected chi connectivity index (χ4v) is 2.46. The molecule has 1 aliphatic heterocycles. The Balaban J connectivity index is 1.92. The van der Waals surface area contributed by atoms with Crippen LogP contribution in [-0.4, -0.2) is 19.2 Å². The highest BCUT2D eigenvalue weighted by molar-refractivity contribution is 5.83. The first kappa shape index (κ1) is 12.2. The zero-order valence-electron chi connectivity index (χ0n) is 10.9. The van der Waals surface area contributed by atoms with Crippen LogP contribution in [0.3, 0.4) is 0 Å². The Hall–Kier alpha value is -1.81. The third kappa shape index (κ3) is 2.63. The van der Waals surface area contributed by atoms with Crippen molar-refractivity contribution in [2.24, 2.45) is 0 Å². The molecule has 0 aliphatic carbocycles. The van der Waals surface area contributed by atoms with Crippen LogP contribution in [0.5, 0.6) is 5.75 Å². The number of benzene rings is 1. The highest BCUT2D eigenvalue weighted by Crippen LogP contribution is 2.25. The quantitative estimate of drug-likeness (QED) is 0.859. The summed E-state index contributed by atoms with van der Waals surface area (Å²) in [5.74, 6) is 0.614. The van der Waals surface area contributed by atoms with Crippen LogP contribution in [0.25, 0.3) is 11.0 Å². The van der Waals surface area contributed by atoms with Crippen LogP contribution in [-0.2, 0) is 0 Å². The van der Waals surface area contributed by atoms with E-state index in [0.29, 0.717) is 24.0 Å². The van der Waals surface area contributed by atoms with Crippen molar-refractivity contribution in [2.75, 3.05) is 13.2 Å². The second-order valence-corrected chi connectivity index (χ2v) is 5.03. The zero-order chi connectivity index (χ0) is 13.2. The molecule has 0 spiro atoms. The molecule has 1 N–H and O–H groups in total. The summed E-state index contributed by atoms with van der Waals surface area (Å²) in [6, 6.07) is 7.53. The number of ether oxygens (including phenoxy) is 1. The second-order valence-electron chi connectivity index (χ2n) is 5.03. The molecule has 0 saturated carbocycles. The summed E-state index contributed by atoms with van der Waals surface area (Å²) < 4.78 is 11.0. The van der Waals surface area contributed by atoms with E-state index in [9.17, 15) is 4.79 Å². The van der Waals surface area contributed by atoms with E-state index in [1.54, 1.807) is 0 Å². The third-order valence-corrected chi connectivity index (χ3v) is 3.46. The highest BCUT2D eigenvalue weighted by Gasteiger charge is 2.15. The summed E-state index contributed by atoms with van der Waals surface area (Å²) >= 11 is 0. The van der Waals surface area contributed by atoms with Crippen LogP contribution in [0.4, 0.5) is 0 Å². The number of rotatable bonds is 3. The summed E-state index contributed by atoms with van der Waals surface area (Å²) in [6.45, 7) is 3.64. The Bertz CT molecular complexity index is 641. The van der Waals surface area contributed by atoms with E-state index in [0.717, 1.165) is 23.9 Å². The van der Waals surface area contributed by atoms with Crippen LogP contribution >= 0.6 is 0 Å². The van der Waals surface area contributed by atoms with Gasteiger partial charge in [0.25, 0.3) is 0 Å². The first-order valence-corrected chi connectivity index (χ1v) is 6.63. The summed E-state index contributed by atoms with van der Waals surface area (Å²) in [6.07, 6.45) is 2.31. The van der Waals surface area contributed by atoms with Crippen LogP contribution in [0.15, 0.2) is 33.5 Å². The van der Waals surface area contributed by atoms with Gasteiger partial charge in [-0.25, -0.2) is 4.79 Å². The first-order chi connectivity index (χ1) is 9.22. The second kappa shape index (κ2) is 5.05. The van der Waals surface area contributed by atoms with E-state index in [4.69, 9.17) is 9.15 Å². The van der Waals surface area contributed by atoms with E-state index in [2.05, 4.69) is 5.32 Å². The lowest BCUT2D eigenvalue weighted by atomic mass is 10.1. The van der Waals surface area contributed by atoms with E-state index in [-0.39, 0.29) is 5.63 Å². The topological polar surface area (TPSA) is 51.5 Å². The van der Waals surface area contributed by atoms with Gasteiger partial charge in [0.15, 0.2) is 0 Å². The van der Waals surface area contributed by atoms with Crippen molar-refractivity contribution in [3.05, 3.63) is 40.2 Å². The molecule has 0 unspecified atom stereocenters. The standard InChI is InChI=1S/C15H17NO3/c1-10-4-5-13-12(7-10)14(8-15(17)19-13)18-9-11-3-2-6-16-11/h4-5,7-8,11,16H,2-3,6,9H2,1H3/t11-/m0/s1. The monoisotopic (exact) mass is 259 g/mol. The molecule has 3 rings (SSSR count). The molecule has 1 aromatic carbocycles. The summed E-state index contributed by atoms with van der Waals surface area (Å²) in [5, 5.41) is 4.23. The lowest BCUT2D eigenvalue weighted by Crippen LogP contribution is -2.28. The molecule has 1 aliphatic rings. The van der Waals surface area contributed by atoms with Crippen molar-refractivity contribution >= 4 is 11.0 Å².